The summed E-state index contributed by atoms with van der Waals surface area (Å²) in [6.07, 6.45) is 0. The van der Waals surface area contributed by atoms with Crippen molar-refractivity contribution in [3.05, 3.63) is 35.4 Å². The lowest BCUT2D eigenvalue weighted by molar-refractivity contribution is 0.122. The average Bonchev–Trinajstić information content (AvgIpc) is 2.28. The fourth-order valence-corrected chi connectivity index (χ4v) is 1.57. The molecule has 0 aliphatic carbocycles. The van der Waals surface area contributed by atoms with Crippen LogP contribution >= 0.6 is 11.6 Å². The highest BCUT2D eigenvalue weighted by atomic mass is 35.5. The van der Waals surface area contributed by atoms with Crippen LogP contribution < -0.4 is 0 Å². The van der Waals surface area contributed by atoms with Crippen LogP contribution in [0.25, 0.3) is 0 Å². The van der Waals surface area contributed by atoms with Crippen LogP contribution in [0.1, 0.15) is 11.1 Å². The van der Waals surface area contributed by atoms with E-state index < -0.39 is 0 Å². The number of benzene rings is 1. The topological polar surface area (TPSA) is 12.5 Å². The van der Waals surface area contributed by atoms with Crippen LogP contribution in [0.2, 0.25) is 0 Å². The minimum Gasteiger partial charge on any atom is -0.379 e. The largest absolute Gasteiger partial charge is 0.379 e. The molecular weight excluding hydrogens is 222 g/mol. The molecule has 0 amide bonds. The van der Waals surface area contributed by atoms with Gasteiger partial charge in [0.15, 0.2) is 0 Å². The maximum atomic E-state index is 5.52. The zero-order valence-electron chi connectivity index (χ0n) is 10.1. The van der Waals surface area contributed by atoms with Crippen molar-refractivity contribution in [2.24, 2.45) is 0 Å². The van der Waals surface area contributed by atoms with Crippen LogP contribution in [-0.4, -0.2) is 37.6 Å². The van der Waals surface area contributed by atoms with Gasteiger partial charge in [-0.05, 0) is 19.5 Å². The van der Waals surface area contributed by atoms with E-state index >= 15 is 0 Å². The molecule has 90 valence electrons. The second-order valence-corrected chi connectivity index (χ2v) is 4.40. The molecule has 0 fully saturated rings. The van der Waals surface area contributed by atoms with E-state index in [1.54, 1.807) is 0 Å². The Morgan fingerprint density at radius 1 is 1.19 bits per heavy atom. The molecule has 16 heavy (non-hydrogen) atoms. The van der Waals surface area contributed by atoms with Crippen molar-refractivity contribution in [1.82, 2.24) is 4.90 Å². The van der Waals surface area contributed by atoms with E-state index in [2.05, 4.69) is 43.1 Å². The fourth-order valence-electron chi connectivity index (χ4n) is 1.46. The zero-order chi connectivity index (χ0) is 11.8. The average molecular weight is 242 g/mol. The molecule has 1 aromatic rings. The van der Waals surface area contributed by atoms with Crippen molar-refractivity contribution < 1.29 is 4.74 Å². The summed E-state index contributed by atoms with van der Waals surface area (Å²) in [5.41, 5.74) is 2.64. The summed E-state index contributed by atoms with van der Waals surface area (Å²) >= 11 is 5.52. The van der Waals surface area contributed by atoms with Crippen LogP contribution in [0.5, 0.6) is 0 Å². The highest BCUT2D eigenvalue weighted by molar-refractivity contribution is 6.17. The van der Waals surface area contributed by atoms with Crippen LogP contribution in [-0.2, 0) is 11.3 Å². The molecule has 0 heterocycles. The molecule has 1 rings (SSSR count). The van der Waals surface area contributed by atoms with Gasteiger partial charge in [-0.25, -0.2) is 0 Å². The van der Waals surface area contributed by atoms with Crippen LogP contribution in [0.3, 0.4) is 0 Å². The molecule has 0 aromatic heterocycles. The summed E-state index contributed by atoms with van der Waals surface area (Å²) in [6, 6.07) is 8.64. The molecule has 3 heteroatoms. The van der Waals surface area contributed by atoms with Gasteiger partial charge in [-0.3, -0.25) is 4.90 Å². The van der Waals surface area contributed by atoms with E-state index in [0.29, 0.717) is 12.5 Å². The van der Waals surface area contributed by atoms with E-state index in [-0.39, 0.29) is 0 Å². The SMILES string of the molecule is Cc1ccc(CN(C)CCOCCCl)cc1. The number of rotatable bonds is 7. The number of nitrogens with zero attached hydrogens (tertiary/aromatic N) is 1. The van der Waals surface area contributed by atoms with Gasteiger partial charge < -0.3 is 4.74 Å². The first-order chi connectivity index (χ1) is 7.72. The Morgan fingerprint density at radius 2 is 1.88 bits per heavy atom. The van der Waals surface area contributed by atoms with Crippen LogP contribution in [0.15, 0.2) is 24.3 Å². The second kappa shape index (κ2) is 7.66. The summed E-state index contributed by atoms with van der Waals surface area (Å²) in [6.45, 7) is 5.39. The molecule has 0 spiro atoms. The molecule has 0 radical (unpaired) electrons. The Bertz CT molecular complexity index is 286. The lowest BCUT2D eigenvalue weighted by atomic mass is 10.1. The van der Waals surface area contributed by atoms with E-state index in [9.17, 15) is 0 Å². The van der Waals surface area contributed by atoms with E-state index in [0.717, 1.165) is 19.7 Å². The summed E-state index contributed by atoms with van der Waals surface area (Å²) in [5, 5.41) is 0. The van der Waals surface area contributed by atoms with Gasteiger partial charge in [0.05, 0.1) is 13.2 Å². The number of aryl methyl sites for hydroxylation is 1. The summed E-state index contributed by atoms with van der Waals surface area (Å²) < 4.78 is 5.34. The van der Waals surface area contributed by atoms with E-state index in [1.165, 1.54) is 11.1 Å². The molecule has 0 saturated heterocycles. The Morgan fingerprint density at radius 3 is 2.50 bits per heavy atom. The minimum absolute atomic E-state index is 0.571. The fraction of sp³-hybridized carbons (Fsp3) is 0.538. The quantitative estimate of drug-likeness (QED) is 0.538. The molecular formula is C13H20ClNO. The third kappa shape index (κ3) is 5.50. The predicted octanol–water partition coefficient (Wildman–Crippen LogP) is 2.68. The van der Waals surface area contributed by atoms with Crippen molar-refractivity contribution in [2.75, 3.05) is 32.7 Å². The summed E-state index contributed by atoms with van der Waals surface area (Å²) in [4.78, 5) is 2.25. The second-order valence-electron chi connectivity index (χ2n) is 4.02. The lowest BCUT2D eigenvalue weighted by Gasteiger charge is -2.16. The number of likely N-dealkylation sites (N-methyl/N-ethyl adjacent to an activating group) is 1. The molecule has 2 nitrogen and oxygen atoms in total. The van der Waals surface area contributed by atoms with Gasteiger partial charge in [-0.15, -0.1) is 11.6 Å². The first kappa shape index (κ1) is 13.5. The minimum atomic E-state index is 0.571. The molecule has 0 aliphatic rings. The molecule has 0 atom stereocenters. The van der Waals surface area contributed by atoms with Gasteiger partial charge >= 0.3 is 0 Å². The Balaban J connectivity index is 2.23. The van der Waals surface area contributed by atoms with Gasteiger partial charge in [0.2, 0.25) is 0 Å². The molecule has 0 aliphatic heterocycles. The van der Waals surface area contributed by atoms with Gasteiger partial charge in [0.1, 0.15) is 0 Å². The highest BCUT2D eigenvalue weighted by Gasteiger charge is 1.99. The molecule has 0 unspecified atom stereocenters. The van der Waals surface area contributed by atoms with Gasteiger partial charge in [0, 0.05) is 19.0 Å². The molecule has 0 bridgehead atoms. The number of hydrogen-bond donors (Lipinski definition) is 0. The zero-order valence-corrected chi connectivity index (χ0v) is 10.8. The number of halogens is 1. The van der Waals surface area contributed by atoms with Crippen molar-refractivity contribution in [3.8, 4) is 0 Å². The van der Waals surface area contributed by atoms with Crippen molar-refractivity contribution in [1.29, 1.82) is 0 Å². The predicted molar refractivity (Wildman–Crippen MR) is 69.1 cm³/mol. The standard InChI is InChI=1S/C13H20ClNO/c1-12-3-5-13(6-4-12)11-15(2)8-10-16-9-7-14/h3-6H,7-11H2,1-2H3. The van der Waals surface area contributed by atoms with Gasteiger partial charge in [-0.1, -0.05) is 29.8 Å². The van der Waals surface area contributed by atoms with Crippen LogP contribution in [0, 0.1) is 6.92 Å². The Labute approximate surface area is 103 Å². The number of alkyl halides is 1. The molecule has 1 aromatic carbocycles. The van der Waals surface area contributed by atoms with E-state index in [4.69, 9.17) is 16.3 Å². The maximum Gasteiger partial charge on any atom is 0.0602 e. The monoisotopic (exact) mass is 241 g/mol. The maximum absolute atomic E-state index is 5.52. The normalized spacial score (nSPS) is 11.0. The first-order valence-electron chi connectivity index (χ1n) is 5.60. The molecule has 0 saturated carbocycles. The number of ether oxygens (including phenoxy) is 1. The molecule has 0 N–H and O–H groups in total. The van der Waals surface area contributed by atoms with Crippen molar-refractivity contribution in [2.45, 2.75) is 13.5 Å². The van der Waals surface area contributed by atoms with E-state index in [1.807, 2.05) is 0 Å². The first-order valence-corrected chi connectivity index (χ1v) is 6.13. The Kier molecular flexibility index (Phi) is 6.46. The third-order valence-electron chi connectivity index (χ3n) is 2.41. The van der Waals surface area contributed by atoms with Gasteiger partial charge in [0.25, 0.3) is 0 Å². The van der Waals surface area contributed by atoms with Crippen molar-refractivity contribution >= 4 is 11.6 Å². The third-order valence-corrected chi connectivity index (χ3v) is 2.57. The van der Waals surface area contributed by atoms with Crippen LogP contribution in [0.4, 0.5) is 0 Å². The van der Waals surface area contributed by atoms with Gasteiger partial charge in [-0.2, -0.15) is 0 Å². The van der Waals surface area contributed by atoms with Crippen molar-refractivity contribution in [3.63, 3.8) is 0 Å². The smallest absolute Gasteiger partial charge is 0.0602 e. The summed E-state index contributed by atoms with van der Waals surface area (Å²) in [7, 11) is 2.10. The summed E-state index contributed by atoms with van der Waals surface area (Å²) in [5.74, 6) is 0.571. The number of hydrogen-bond acceptors (Lipinski definition) is 2. The lowest BCUT2D eigenvalue weighted by Crippen LogP contribution is -2.23. The Hall–Kier alpha value is -0.570. The highest BCUT2D eigenvalue weighted by Crippen LogP contribution is 2.05.